The highest BCUT2D eigenvalue weighted by Crippen LogP contribution is 2.25. The summed E-state index contributed by atoms with van der Waals surface area (Å²) in [5, 5.41) is 18.5. The number of carboxylic acid groups (broad SMARTS) is 1. The van der Waals surface area contributed by atoms with Crippen LogP contribution < -0.4 is 0 Å². The van der Waals surface area contributed by atoms with Gasteiger partial charge in [-0.15, -0.1) is 11.6 Å². The number of hydrogen-bond donors (Lipinski definition) is 2. The van der Waals surface area contributed by atoms with E-state index in [9.17, 15) is 14.7 Å². The fraction of sp³-hybridized carbons (Fsp3) is 0.333. The second kappa shape index (κ2) is 5.80. The molecule has 17 heavy (non-hydrogen) atoms. The predicted molar refractivity (Wildman–Crippen MR) is 63.2 cm³/mol. The molecule has 0 amide bonds. The summed E-state index contributed by atoms with van der Waals surface area (Å²) >= 11 is 5.69. The standard InChI is InChI=1S/C12H13ClO4/c1-2-9(14)8-5-3-4-7(6-13)10(8)11(15)12(16)17/h3-5,11,15H,2,6H2,1H3,(H,16,17). The molecule has 0 saturated carbocycles. The van der Waals surface area contributed by atoms with Gasteiger partial charge in [0.2, 0.25) is 0 Å². The lowest BCUT2D eigenvalue weighted by atomic mass is 9.93. The number of benzene rings is 1. The minimum absolute atomic E-state index is 0.0461. The van der Waals surface area contributed by atoms with E-state index in [1.54, 1.807) is 19.1 Å². The molecule has 0 fully saturated rings. The van der Waals surface area contributed by atoms with Crippen molar-refractivity contribution in [1.29, 1.82) is 0 Å². The van der Waals surface area contributed by atoms with Gasteiger partial charge >= 0.3 is 5.97 Å². The minimum atomic E-state index is -1.73. The van der Waals surface area contributed by atoms with E-state index < -0.39 is 12.1 Å². The largest absolute Gasteiger partial charge is 0.479 e. The lowest BCUT2D eigenvalue weighted by molar-refractivity contribution is -0.147. The Morgan fingerprint density at radius 2 is 2.06 bits per heavy atom. The van der Waals surface area contributed by atoms with Crippen LogP contribution in [0, 0.1) is 0 Å². The van der Waals surface area contributed by atoms with Crippen molar-refractivity contribution in [2.45, 2.75) is 25.3 Å². The van der Waals surface area contributed by atoms with Gasteiger partial charge in [0.15, 0.2) is 11.9 Å². The fourth-order valence-corrected chi connectivity index (χ4v) is 1.84. The van der Waals surface area contributed by atoms with Crippen LogP contribution >= 0.6 is 11.6 Å². The Balaban J connectivity index is 3.40. The zero-order valence-electron chi connectivity index (χ0n) is 9.31. The first-order valence-corrected chi connectivity index (χ1v) is 5.68. The average Bonchev–Trinajstić information content (AvgIpc) is 2.35. The summed E-state index contributed by atoms with van der Waals surface area (Å²) in [6.45, 7) is 1.67. The lowest BCUT2D eigenvalue weighted by Crippen LogP contribution is -2.17. The fourth-order valence-electron chi connectivity index (χ4n) is 1.61. The van der Waals surface area contributed by atoms with Gasteiger partial charge in [-0.05, 0) is 5.56 Å². The zero-order chi connectivity index (χ0) is 13.0. The number of aliphatic hydroxyl groups is 1. The average molecular weight is 257 g/mol. The Morgan fingerprint density at radius 3 is 2.53 bits per heavy atom. The van der Waals surface area contributed by atoms with E-state index >= 15 is 0 Å². The van der Waals surface area contributed by atoms with Crippen LogP contribution in [0.25, 0.3) is 0 Å². The van der Waals surface area contributed by atoms with Crippen molar-refractivity contribution in [2.24, 2.45) is 0 Å². The normalized spacial score (nSPS) is 12.2. The first-order chi connectivity index (χ1) is 8.02. The molecule has 0 aliphatic rings. The Morgan fingerprint density at radius 1 is 1.41 bits per heavy atom. The predicted octanol–water partition coefficient (Wildman–Crippen LogP) is 2.14. The van der Waals surface area contributed by atoms with Gasteiger partial charge in [0.1, 0.15) is 0 Å². The summed E-state index contributed by atoms with van der Waals surface area (Å²) < 4.78 is 0. The van der Waals surface area contributed by atoms with Crippen LogP contribution in [0.15, 0.2) is 18.2 Å². The number of ketones is 1. The topological polar surface area (TPSA) is 74.6 Å². The number of hydrogen-bond acceptors (Lipinski definition) is 3. The van der Waals surface area contributed by atoms with Crippen molar-refractivity contribution < 1.29 is 19.8 Å². The Labute approximate surface area is 104 Å². The molecule has 0 spiro atoms. The third-order valence-electron chi connectivity index (χ3n) is 2.47. The van der Waals surface area contributed by atoms with E-state index in [2.05, 4.69) is 0 Å². The summed E-state index contributed by atoms with van der Waals surface area (Å²) in [4.78, 5) is 22.5. The van der Waals surface area contributed by atoms with Crippen LogP contribution in [0.2, 0.25) is 0 Å². The maximum absolute atomic E-state index is 11.7. The van der Waals surface area contributed by atoms with Crippen molar-refractivity contribution in [3.63, 3.8) is 0 Å². The number of aliphatic carboxylic acids is 1. The van der Waals surface area contributed by atoms with Crippen LogP contribution in [0.5, 0.6) is 0 Å². The quantitative estimate of drug-likeness (QED) is 0.625. The first kappa shape index (κ1) is 13.7. The SMILES string of the molecule is CCC(=O)c1cccc(CCl)c1C(O)C(=O)O. The monoisotopic (exact) mass is 256 g/mol. The molecule has 0 bridgehead atoms. The number of carbonyl (C=O) groups excluding carboxylic acids is 1. The summed E-state index contributed by atoms with van der Waals surface area (Å²) in [6.07, 6.45) is -1.49. The lowest BCUT2D eigenvalue weighted by Gasteiger charge is -2.14. The van der Waals surface area contributed by atoms with Gasteiger partial charge < -0.3 is 10.2 Å². The first-order valence-electron chi connectivity index (χ1n) is 5.14. The van der Waals surface area contributed by atoms with Crippen molar-refractivity contribution >= 4 is 23.4 Å². The van der Waals surface area contributed by atoms with Gasteiger partial charge in [0.25, 0.3) is 0 Å². The third kappa shape index (κ3) is 2.84. The van der Waals surface area contributed by atoms with Gasteiger partial charge in [-0.1, -0.05) is 25.1 Å². The summed E-state index contributed by atoms with van der Waals surface area (Å²) in [7, 11) is 0. The van der Waals surface area contributed by atoms with Crippen molar-refractivity contribution in [1.82, 2.24) is 0 Å². The summed E-state index contributed by atoms with van der Waals surface area (Å²) in [5.74, 6) is -1.56. The molecule has 5 heteroatoms. The molecule has 1 aromatic rings. The molecule has 0 aliphatic heterocycles. The number of Topliss-reactive ketones (excluding diaryl/α,β-unsaturated/α-hetero) is 1. The zero-order valence-corrected chi connectivity index (χ0v) is 10.1. The van der Waals surface area contributed by atoms with Gasteiger partial charge in [-0.3, -0.25) is 4.79 Å². The van der Waals surface area contributed by atoms with Gasteiger partial charge in [-0.2, -0.15) is 0 Å². The number of aliphatic hydroxyl groups excluding tert-OH is 1. The molecule has 1 unspecified atom stereocenters. The van der Waals surface area contributed by atoms with Crippen LogP contribution in [0.1, 0.15) is 40.9 Å². The summed E-state index contributed by atoms with van der Waals surface area (Å²) in [5.41, 5.74) is 0.781. The number of alkyl halides is 1. The molecule has 0 saturated heterocycles. The molecule has 0 heterocycles. The van der Waals surface area contributed by atoms with Crippen LogP contribution in [-0.4, -0.2) is 22.0 Å². The van der Waals surface area contributed by atoms with Gasteiger partial charge in [-0.25, -0.2) is 4.79 Å². The Kier molecular flexibility index (Phi) is 4.66. The van der Waals surface area contributed by atoms with Crippen LogP contribution in [0.4, 0.5) is 0 Å². The smallest absolute Gasteiger partial charge is 0.337 e. The number of halogens is 1. The molecule has 4 nitrogen and oxygen atoms in total. The van der Waals surface area contributed by atoms with Crippen molar-refractivity contribution in [2.75, 3.05) is 0 Å². The molecule has 2 N–H and O–H groups in total. The maximum atomic E-state index is 11.7. The molecular weight excluding hydrogens is 244 g/mol. The Hall–Kier alpha value is -1.39. The highest BCUT2D eigenvalue weighted by atomic mass is 35.5. The van der Waals surface area contributed by atoms with E-state index in [1.807, 2.05) is 0 Å². The Bertz CT molecular complexity index is 442. The number of rotatable bonds is 5. The molecule has 0 radical (unpaired) electrons. The molecule has 1 aromatic carbocycles. The molecule has 1 atom stereocenters. The van der Waals surface area contributed by atoms with E-state index in [4.69, 9.17) is 16.7 Å². The molecule has 0 aromatic heterocycles. The van der Waals surface area contributed by atoms with E-state index in [0.29, 0.717) is 5.56 Å². The van der Waals surface area contributed by atoms with Gasteiger partial charge in [0, 0.05) is 23.4 Å². The molecular formula is C12H13ClO4. The van der Waals surface area contributed by atoms with E-state index in [1.165, 1.54) is 6.07 Å². The minimum Gasteiger partial charge on any atom is -0.479 e. The van der Waals surface area contributed by atoms with Gasteiger partial charge in [0.05, 0.1) is 0 Å². The second-order valence-corrected chi connectivity index (χ2v) is 3.80. The third-order valence-corrected chi connectivity index (χ3v) is 2.76. The van der Waals surface area contributed by atoms with E-state index in [-0.39, 0.29) is 29.2 Å². The molecule has 1 rings (SSSR count). The number of carboxylic acids is 1. The summed E-state index contributed by atoms with van der Waals surface area (Å²) in [6, 6.07) is 4.73. The molecule has 0 aliphatic carbocycles. The van der Waals surface area contributed by atoms with Crippen molar-refractivity contribution in [3.05, 3.63) is 34.9 Å². The highest BCUT2D eigenvalue weighted by Gasteiger charge is 2.24. The number of carbonyl (C=O) groups is 2. The molecule has 92 valence electrons. The van der Waals surface area contributed by atoms with Crippen LogP contribution in [-0.2, 0) is 10.7 Å². The van der Waals surface area contributed by atoms with Crippen LogP contribution in [0.3, 0.4) is 0 Å². The van der Waals surface area contributed by atoms with E-state index in [0.717, 1.165) is 0 Å². The van der Waals surface area contributed by atoms with Crippen molar-refractivity contribution in [3.8, 4) is 0 Å². The maximum Gasteiger partial charge on any atom is 0.337 e. The second-order valence-electron chi connectivity index (χ2n) is 3.53. The highest BCUT2D eigenvalue weighted by molar-refractivity contribution is 6.17.